The summed E-state index contributed by atoms with van der Waals surface area (Å²) in [6.45, 7) is 2.21. The van der Waals surface area contributed by atoms with E-state index in [-0.39, 0.29) is 5.75 Å². The van der Waals surface area contributed by atoms with Crippen LogP contribution in [0.3, 0.4) is 0 Å². The molecule has 0 unspecified atom stereocenters. The van der Waals surface area contributed by atoms with Crippen molar-refractivity contribution >= 4 is 33.3 Å². The van der Waals surface area contributed by atoms with Gasteiger partial charge in [-0.05, 0) is 50.7 Å². The van der Waals surface area contributed by atoms with Gasteiger partial charge in [-0.1, -0.05) is 29.2 Å². The normalized spacial score (nSPS) is 19.3. The van der Waals surface area contributed by atoms with E-state index in [9.17, 15) is 5.11 Å². The number of aromatic hydroxyl groups is 1. The molecule has 1 fully saturated rings. The second-order valence-electron chi connectivity index (χ2n) is 7.40. The molecule has 0 amide bonds. The van der Waals surface area contributed by atoms with Crippen molar-refractivity contribution in [2.75, 3.05) is 25.5 Å². The molecule has 0 atom stereocenters. The van der Waals surface area contributed by atoms with Gasteiger partial charge in [-0.25, -0.2) is 4.98 Å². The second-order valence-corrected chi connectivity index (χ2v) is 9.36. The van der Waals surface area contributed by atoms with Gasteiger partial charge in [0.05, 0.1) is 23.5 Å². The highest BCUT2D eigenvalue weighted by Gasteiger charge is 2.23. The highest BCUT2D eigenvalue weighted by molar-refractivity contribution is 8.13. The average molecular weight is 427 g/mol. The van der Waals surface area contributed by atoms with Crippen molar-refractivity contribution in [1.82, 2.24) is 20.1 Å². The summed E-state index contributed by atoms with van der Waals surface area (Å²) in [6, 6.07) is 6.06. The molecule has 0 saturated carbocycles. The van der Waals surface area contributed by atoms with E-state index in [1.54, 1.807) is 35.4 Å². The third kappa shape index (κ3) is 3.90. The van der Waals surface area contributed by atoms with Gasteiger partial charge in [0.15, 0.2) is 5.17 Å². The minimum atomic E-state index is 0.225. The number of aliphatic imine (C=N–C) groups is 1. The number of hydrogen-bond donors (Lipinski definition) is 3. The molecule has 0 radical (unpaired) electrons. The second kappa shape index (κ2) is 7.81. The lowest BCUT2D eigenvalue weighted by atomic mass is 10.1. The Kier molecular flexibility index (Phi) is 5.03. The van der Waals surface area contributed by atoms with E-state index in [1.165, 1.54) is 0 Å². The van der Waals surface area contributed by atoms with Gasteiger partial charge in [0.2, 0.25) is 0 Å². The summed E-state index contributed by atoms with van der Waals surface area (Å²) in [4.78, 5) is 12.0. The van der Waals surface area contributed by atoms with Crippen LogP contribution in [0, 0.1) is 0 Å². The molecule has 0 bridgehead atoms. The van der Waals surface area contributed by atoms with E-state index in [0.717, 1.165) is 69.2 Å². The van der Waals surface area contributed by atoms with Crippen molar-refractivity contribution in [3.05, 3.63) is 36.3 Å². The summed E-state index contributed by atoms with van der Waals surface area (Å²) in [5.41, 5.74) is 3.63. The Morgan fingerprint density at radius 1 is 1.24 bits per heavy atom. The number of nitrogens with zero attached hydrogens (tertiary/aromatic N) is 4. The van der Waals surface area contributed by atoms with Gasteiger partial charge in [0.25, 0.3) is 0 Å². The van der Waals surface area contributed by atoms with Crippen LogP contribution in [-0.4, -0.2) is 56.5 Å². The Morgan fingerprint density at radius 2 is 2.10 bits per heavy atom. The number of thiazole rings is 1. The molecule has 7 nitrogen and oxygen atoms in total. The number of amidine groups is 1. The van der Waals surface area contributed by atoms with Gasteiger partial charge in [0.1, 0.15) is 15.8 Å². The lowest BCUT2D eigenvalue weighted by Crippen LogP contribution is -2.33. The fourth-order valence-corrected chi connectivity index (χ4v) is 5.64. The number of fused-ring (bicyclic) bond motifs is 1. The number of rotatable bonds is 3. The van der Waals surface area contributed by atoms with Crippen molar-refractivity contribution in [2.45, 2.75) is 24.6 Å². The Bertz CT molecular complexity index is 1040. The standard InChI is InChI=1S/C20H22N6OS2/c1-26-6-4-14(5-7-26)23-20-25-19-16(11-28-20)24-18(29-19)15-3-2-12(8-17(15)27)13-9-21-22-10-13/h2-3,8-10,14,27H,4-7,11H2,1H3,(H,21,22)(H,23,25). The van der Waals surface area contributed by atoms with Crippen molar-refractivity contribution in [3.8, 4) is 27.4 Å². The Morgan fingerprint density at radius 3 is 2.86 bits per heavy atom. The van der Waals surface area contributed by atoms with Crippen molar-refractivity contribution in [2.24, 2.45) is 4.99 Å². The maximum absolute atomic E-state index is 10.6. The number of aromatic amines is 1. The van der Waals surface area contributed by atoms with Crippen LogP contribution >= 0.6 is 23.1 Å². The van der Waals surface area contributed by atoms with Gasteiger partial charge in [0, 0.05) is 17.5 Å². The van der Waals surface area contributed by atoms with Crippen LogP contribution in [0.2, 0.25) is 0 Å². The van der Waals surface area contributed by atoms with E-state index >= 15 is 0 Å². The smallest absolute Gasteiger partial charge is 0.162 e. The number of likely N-dealkylation sites (tertiary alicyclic amines) is 1. The average Bonchev–Trinajstić information content (AvgIpc) is 3.39. The highest BCUT2D eigenvalue weighted by atomic mass is 32.2. The summed E-state index contributed by atoms with van der Waals surface area (Å²) in [7, 11) is 2.17. The molecule has 150 valence electrons. The largest absolute Gasteiger partial charge is 0.507 e. The Balaban J connectivity index is 1.35. The molecule has 9 heteroatoms. The molecule has 2 aromatic heterocycles. The zero-order valence-electron chi connectivity index (χ0n) is 16.1. The first-order valence-corrected chi connectivity index (χ1v) is 11.4. The zero-order chi connectivity index (χ0) is 19.8. The number of H-pyrrole nitrogens is 1. The summed E-state index contributed by atoms with van der Waals surface area (Å²) in [5, 5.41) is 23.6. The number of phenolic OH excluding ortho intramolecular Hbond substituents is 1. The Hall–Kier alpha value is -2.36. The molecular weight excluding hydrogens is 404 g/mol. The maximum atomic E-state index is 10.6. The first-order valence-electron chi connectivity index (χ1n) is 9.64. The van der Waals surface area contributed by atoms with Crippen LogP contribution in [0.5, 0.6) is 5.75 Å². The predicted octanol–water partition coefficient (Wildman–Crippen LogP) is 4.01. The molecule has 0 aliphatic carbocycles. The van der Waals surface area contributed by atoms with Gasteiger partial charge < -0.3 is 15.3 Å². The summed E-state index contributed by atoms with van der Waals surface area (Å²) < 4.78 is 0. The van der Waals surface area contributed by atoms with Gasteiger partial charge in [-0.15, -0.1) is 0 Å². The highest BCUT2D eigenvalue weighted by Crippen LogP contribution is 2.41. The predicted molar refractivity (Wildman–Crippen MR) is 120 cm³/mol. The molecule has 2 aliphatic heterocycles. The molecular formula is C20H22N6OS2. The van der Waals surface area contributed by atoms with Crippen LogP contribution in [-0.2, 0) is 5.75 Å². The minimum Gasteiger partial charge on any atom is -0.507 e. The van der Waals surface area contributed by atoms with E-state index in [2.05, 4.69) is 27.5 Å². The summed E-state index contributed by atoms with van der Waals surface area (Å²) >= 11 is 3.28. The zero-order valence-corrected chi connectivity index (χ0v) is 17.7. The fraction of sp³-hybridized carbons (Fsp3) is 0.350. The molecule has 1 saturated heterocycles. The molecule has 29 heavy (non-hydrogen) atoms. The molecule has 5 rings (SSSR count). The van der Waals surface area contributed by atoms with Crippen LogP contribution in [0.4, 0.5) is 5.00 Å². The van der Waals surface area contributed by atoms with Crippen LogP contribution in [0.1, 0.15) is 18.5 Å². The van der Waals surface area contributed by atoms with Crippen molar-refractivity contribution < 1.29 is 5.11 Å². The lowest BCUT2D eigenvalue weighted by Gasteiger charge is -2.27. The number of piperidine rings is 1. The summed E-state index contributed by atoms with van der Waals surface area (Å²) in [6.07, 6.45) is 5.77. The number of hydrogen-bond acceptors (Lipinski definition) is 7. The van der Waals surface area contributed by atoms with Crippen LogP contribution < -0.4 is 5.32 Å². The number of thioether (sulfide) groups is 1. The van der Waals surface area contributed by atoms with Gasteiger partial charge in [-0.2, -0.15) is 5.10 Å². The molecule has 2 aliphatic rings. The fourth-order valence-electron chi connectivity index (χ4n) is 3.59. The molecule has 4 heterocycles. The maximum Gasteiger partial charge on any atom is 0.162 e. The number of phenols is 1. The van der Waals surface area contributed by atoms with E-state index in [1.807, 2.05) is 18.3 Å². The topological polar surface area (TPSA) is 89.4 Å². The first-order chi connectivity index (χ1) is 14.2. The monoisotopic (exact) mass is 426 g/mol. The van der Waals surface area contributed by atoms with Crippen molar-refractivity contribution in [3.63, 3.8) is 0 Å². The molecule has 1 aromatic carbocycles. The Labute approximate surface area is 177 Å². The van der Waals surface area contributed by atoms with Crippen molar-refractivity contribution in [1.29, 1.82) is 0 Å². The van der Waals surface area contributed by atoms with E-state index < -0.39 is 0 Å². The molecule has 0 spiro atoms. The number of nitrogens with one attached hydrogen (secondary N) is 2. The van der Waals surface area contributed by atoms with E-state index in [0.29, 0.717) is 6.04 Å². The minimum absolute atomic E-state index is 0.225. The quantitative estimate of drug-likeness (QED) is 0.586. The number of benzene rings is 1. The first kappa shape index (κ1) is 18.7. The number of anilines is 1. The third-order valence-corrected chi connectivity index (χ3v) is 7.26. The molecule has 3 aromatic rings. The summed E-state index contributed by atoms with van der Waals surface area (Å²) in [5.74, 6) is 1.03. The third-order valence-electron chi connectivity index (χ3n) is 5.31. The van der Waals surface area contributed by atoms with Crippen LogP contribution in [0.15, 0.2) is 35.6 Å². The van der Waals surface area contributed by atoms with E-state index in [4.69, 9.17) is 9.98 Å². The lowest BCUT2D eigenvalue weighted by molar-refractivity contribution is 0.257. The molecule has 3 N–H and O–H groups in total. The van der Waals surface area contributed by atoms with Gasteiger partial charge >= 0.3 is 0 Å². The SMILES string of the molecule is CN1CCC(N=C2Nc3sc(-c4ccc(-c5cn[nH]c5)cc4O)nc3CS2)CC1. The van der Waals surface area contributed by atoms with Gasteiger partial charge in [-0.3, -0.25) is 10.1 Å². The number of aromatic nitrogens is 3. The van der Waals surface area contributed by atoms with Crippen LogP contribution in [0.25, 0.3) is 21.7 Å².